The van der Waals surface area contributed by atoms with Gasteiger partial charge >= 0.3 is 0 Å². The fraction of sp³-hybridized carbons (Fsp3) is 1.00. The van der Waals surface area contributed by atoms with E-state index in [0.717, 1.165) is 19.6 Å². The molecule has 56 valence electrons. The van der Waals surface area contributed by atoms with Crippen molar-refractivity contribution in [1.29, 1.82) is 0 Å². The van der Waals surface area contributed by atoms with Gasteiger partial charge in [-0.1, -0.05) is 6.92 Å². The Morgan fingerprint density at radius 1 is 1.56 bits per heavy atom. The molecule has 1 aliphatic heterocycles. The Hall–Kier alpha value is 0.137. The van der Waals surface area contributed by atoms with Gasteiger partial charge in [-0.15, -0.1) is 0 Å². The molecule has 1 N–H and O–H groups in total. The number of aliphatic hydroxyl groups is 1. The van der Waals surface area contributed by atoms with Crippen molar-refractivity contribution in [2.24, 2.45) is 5.41 Å². The van der Waals surface area contributed by atoms with Gasteiger partial charge < -0.3 is 9.84 Å². The van der Waals surface area contributed by atoms with Crippen molar-refractivity contribution in [2.45, 2.75) is 13.3 Å². The van der Waals surface area contributed by atoms with Gasteiger partial charge in [-0.2, -0.15) is 0 Å². The van der Waals surface area contributed by atoms with E-state index in [9.17, 15) is 0 Å². The maximum Gasteiger partial charge on any atom is 0.0566 e. The second-order valence-corrected chi connectivity index (χ2v) is 2.50. The van der Waals surface area contributed by atoms with E-state index in [1.807, 2.05) is 0 Å². The molecule has 1 rings (SSSR count). The molecule has 0 aromatic heterocycles. The van der Waals surface area contributed by atoms with Gasteiger partial charge in [0.15, 0.2) is 0 Å². The molecule has 0 amide bonds. The average Bonchev–Trinajstić information content (AvgIpc) is 1.67. The zero-order chi connectivity index (χ0) is 6.04. The minimum Gasteiger partial charge on any atom is -0.396 e. The summed E-state index contributed by atoms with van der Waals surface area (Å²) in [7, 11) is 0. The SMILES string of the molecule is CCC1(CO)COC1.[SiH4]. The lowest BCUT2D eigenvalue weighted by atomic mass is 9.84. The summed E-state index contributed by atoms with van der Waals surface area (Å²) in [6.45, 7) is 3.86. The maximum absolute atomic E-state index is 8.76. The Balaban J connectivity index is 0.000000640. The number of rotatable bonds is 2. The van der Waals surface area contributed by atoms with Gasteiger partial charge in [0.2, 0.25) is 0 Å². The highest BCUT2D eigenvalue weighted by Gasteiger charge is 2.35. The molecule has 3 heteroatoms. The molecule has 9 heavy (non-hydrogen) atoms. The van der Waals surface area contributed by atoms with Crippen LogP contribution in [-0.2, 0) is 4.74 Å². The zero-order valence-electron chi connectivity index (χ0n) is 5.18. The van der Waals surface area contributed by atoms with Crippen LogP contribution in [0.5, 0.6) is 0 Å². The topological polar surface area (TPSA) is 29.5 Å². The third-order valence-corrected chi connectivity index (χ3v) is 1.90. The van der Waals surface area contributed by atoms with Gasteiger partial charge in [-0.3, -0.25) is 0 Å². The monoisotopic (exact) mass is 148 g/mol. The van der Waals surface area contributed by atoms with E-state index < -0.39 is 0 Å². The predicted octanol–water partition coefficient (Wildman–Crippen LogP) is -1.05. The van der Waals surface area contributed by atoms with Crippen LogP contribution < -0.4 is 0 Å². The number of ether oxygens (including phenoxy) is 1. The summed E-state index contributed by atoms with van der Waals surface area (Å²) in [6.07, 6.45) is 1.03. The van der Waals surface area contributed by atoms with Crippen molar-refractivity contribution in [2.75, 3.05) is 19.8 Å². The van der Waals surface area contributed by atoms with Crippen molar-refractivity contribution < 1.29 is 9.84 Å². The van der Waals surface area contributed by atoms with E-state index in [1.54, 1.807) is 0 Å². The van der Waals surface area contributed by atoms with Gasteiger partial charge in [0.1, 0.15) is 0 Å². The van der Waals surface area contributed by atoms with Gasteiger partial charge in [0.05, 0.1) is 19.8 Å². The van der Waals surface area contributed by atoms with Gasteiger partial charge in [0, 0.05) is 5.41 Å². The molecule has 1 aliphatic rings. The van der Waals surface area contributed by atoms with Crippen LogP contribution in [0.2, 0.25) is 0 Å². The van der Waals surface area contributed by atoms with E-state index in [2.05, 4.69) is 6.92 Å². The fourth-order valence-corrected chi connectivity index (χ4v) is 0.798. The molecule has 0 aliphatic carbocycles. The quantitative estimate of drug-likeness (QED) is 0.507. The number of aliphatic hydroxyl groups excluding tert-OH is 1. The molecule has 0 atom stereocenters. The summed E-state index contributed by atoms with van der Waals surface area (Å²) >= 11 is 0. The van der Waals surface area contributed by atoms with Crippen LogP contribution in [0.4, 0.5) is 0 Å². The van der Waals surface area contributed by atoms with Gasteiger partial charge in [0.25, 0.3) is 0 Å². The van der Waals surface area contributed by atoms with E-state index in [-0.39, 0.29) is 23.0 Å². The van der Waals surface area contributed by atoms with Crippen LogP contribution >= 0.6 is 0 Å². The maximum atomic E-state index is 8.76. The summed E-state index contributed by atoms with van der Waals surface area (Å²) in [4.78, 5) is 0. The molecule has 0 unspecified atom stereocenters. The molecular formula is C6H16O2Si. The summed E-state index contributed by atoms with van der Waals surface area (Å²) in [5, 5.41) is 8.76. The Labute approximate surface area is 60.2 Å². The first-order valence-corrected chi connectivity index (χ1v) is 3.01. The molecule has 0 spiro atoms. The molecule has 0 aromatic rings. The third-order valence-electron chi connectivity index (χ3n) is 1.90. The van der Waals surface area contributed by atoms with Crippen LogP contribution in [0.3, 0.4) is 0 Å². The van der Waals surface area contributed by atoms with E-state index in [0.29, 0.717) is 0 Å². The summed E-state index contributed by atoms with van der Waals surface area (Å²) in [5.41, 5.74) is 0.139. The van der Waals surface area contributed by atoms with E-state index in [1.165, 1.54) is 0 Å². The Morgan fingerprint density at radius 2 is 2.11 bits per heavy atom. The Bertz CT molecular complexity index is 67.6. The van der Waals surface area contributed by atoms with Crippen LogP contribution in [0.1, 0.15) is 13.3 Å². The summed E-state index contributed by atoms with van der Waals surface area (Å²) in [5.74, 6) is 0. The molecule has 0 bridgehead atoms. The lowest BCUT2D eigenvalue weighted by Crippen LogP contribution is -2.44. The summed E-state index contributed by atoms with van der Waals surface area (Å²) in [6, 6.07) is 0. The highest BCUT2D eigenvalue weighted by molar-refractivity contribution is 5.75. The molecule has 0 radical (unpaired) electrons. The minimum atomic E-state index is 0. The van der Waals surface area contributed by atoms with Crippen LogP contribution in [0.15, 0.2) is 0 Å². The van der Waals surface area contributed by atoms with Crippen molar-refractivity contribution in [3.05, 3.63) is 0 Å². The van der Waals surface area contributed by atoms with E-state index in [4.69, 9.17) is 9.84 Å². The van der Waals surface area contributed by atoms with Crippen molar-refractivity contribution in [1.82, 2.24) is 0 Å². The molecule has 1 heterocycles. The molecular weight excluding hydrogens is 132 g/mol. The number of hydrogen-bond donors (Lipinski definition) is 1. The fourth-order valence-electron chi connectivity index (χ4n) is 0.798. The normalized spacial score (nSPS) is 22.0. The second kappa shape index (κ2) is 3.34. The molecule has 2 nitrogen and oxygen atoms in total. The van der Waals surface area contributed by atoms with Crippen LogP contribution in [-0.4, -0.2) is 35.9 Å². The van der Waals surface area contributed by atoms with Crippen molar-refractivity contribution in [3.8, 4) is 0 Å². The van der Waals surface area contributed by atoms with Gasteiger partial charge in [-0.25, -0.2) is 0 Å². The Kier molecular flexibility index (Phi) is 3.39. The number of hydrogen-bond acceptors (Lipinski definition) is 2. The van der Waals surface area contributed by atoms with Crippen molar-refractivity contribution in [3.63, 3.8) is 0 Å². The lowest BCUT2D eigenvalue weighted by Gasteiger charge is -2.38. The lowest BCUT2D eigenvalue weighted by molar-refractivity contribution is -0.138. The molecule has 0 aromatic carbocycles. The highest BCUT2D eigenvalue weighted by atomic mass is 28.1. The largest absolute Gasteiger partial charge is 0.396 e. The standard InChI is InChI=1S/C6H12O2.H4Si/c1-2-6(3-7)4-8-5-6;/h7H,2-5H2,1H3;1H4. The first-order chi connectivity index (χ1) is 3.83. The third kappa shape index (κ3) is 1.53. The molecule has 0 saturated carbocycles. The first-order valence-electron chi connectivity index (χ1n) is 3.01. The smallest absolute Gasteiger partial charge is 0.0566 e. The molecule has 1 saturated heterocycles. The predicted molar refractivity (Wildman–Crippen MR) is 42.0 cm³/mol. The minimum absolute atomic E-state index is 0. The summed E-state index contributed by atoms with van der Waals surface area (Å²) < 4.78 is 4.96. The highest BCUT2D eigenvalue weighted by Crippen LogP contribution is 2.29. The zero-order valence-corrected chi connectivity index (χ0v) is 5.18. The first kappa shape index (κ1) is 9.14. The molecule has 1 fully saturated rings. The van der Waals surface area contributed by atoms with Crippen LogP contribution in [0.25, 0.3) is 0 Å². The van der Waals surface area contributed by atoms with E-state index >= 15 is 0 Å². The van der Waals surface area contributed by atoms with Gasteiger partial charge in [-0.05, 0) is 17.4 Å². The van der Waals surface area contributed by atoms with Crippen LogP contribution in [0, 0.1) is 5.41 Å². The Morgan fingerprint density at radius 3 is 2.11 bits per heavy atom. The average molecular weight is 148 g/mol. The second-order valence-electron chi connectivity index (χ2n) is 2.50. The van der Waals surface area contributed by atoms with Crippen molar-refractivity contribution >= 4 is 11.0 Å².